The van der Waals surface area contributed by atoms with E-state index in [2.05, 4.69) is 65.5 Å². The van der Waals surface area contributed by atoms with Gasteiger partial charge in [0.15, 0.2) is 0 Å². The first-order valence-electron chi connectivity index (χ1n) is 7.10. The van der Waals surface area contributed by atoms with Crippen molar-refractivity contribution in [3.8, 4) is 0 Å². The van der Waals surface area contributed by atoms with E-state index >= 15 is 0 Å². The Morgan fingerprint density at radius 3 is 2.48 bits per heavy atom. The second-order valence-electron chi connectivity index (χ2n) is 5.22. The van der Waals surface area contributed by atoms with Crippen LogP contribution in [0.15, 0.2) is 66.9 Å². The standard InChI is InChI=1S/C18H19N3/c1-15-7-6-10-17(13-15)21(18-11-12-19-20(18)2)14-16-8-4-3-5-9-16/h3-13H,14H2,1-2H3. The Morgan fingerprint density at radius 2 is 1.81 bits per heavy atom. The molecule has 106 valence electrons. The van der Waals surface area contributed by atoms with Crippen LogP contribution in [0.4, 0.5) is 11.5 Å². The third-order valence-electron chi connectivity index (χ3n) is 3.57. The first-order valence-corrected chi connectivity index (χ1v) is 7.10. The van der Waals surface area contributed by atoms with Gasteiger partial charge in [-0.3, -0.25) is 4.68 Å². The molecule has 0 aliphatic heterocycles. The highest BCUT2D eigenvalue weighted by molar-refractivity contribution is 5.61. The molecule has 0 atom stereocenters. The van der Waals surface area contributed by atoms with Crippen LogP contribution in [0.25, 0.3) is 0 Å². The van der Waals surface area contributed by atoms with Gasteiger partial charge >= 0.3 is 0 Å². The molecular weight excluding hydrogens is 258 g/mol. The van der Waals surface area contributed by atoms with Gasteiger partial charge < -0.3 is 4.90 Å². The Labute approximate surface area is 125 Å². The summed E-state index contributed by atoms with van der Waals surface area (Å²) in [5.41, 5.74) is 3.72. The van der Waals surface area contributed by atoms with Crippen LogP contribution in [0.1, 0.15) is 11.1 Å². The van der Waals surface area contributed by atoms with Gasteiger partial charge in [-0.05, 0) is 30.2 Å². The molecule has 0 bridgehead atoms. The topological polar surface area (TPSA) is 21.1 Å². The zero-order valence-electron chi connectivity index (χ0n) is 12.4. The lowest BCUT2D eigenvalue weighted by Gasteiger charge is -2.25. The second kappa shape index (κ2) is 5.83. The smallest absolute Gasteiger partial charge is 0.131 e. The molecule has 3 heteroatoms. The summed E-state index contributed by atoms with van der Waals surface area (Å²) >= 11 is 0. The summed E-state index contributed by atoms with van der Waals surface area (Å²) in [6, 6.07) is 21.1. The summed E-state index contributed by atoms with van der Waals surface area (Å²) in [5.74, 6) is 1.09. The van der Waals surface area contributed by atoms with Crippen molar-refractivity contribution in [2.75, 3.05) is 4.90 Å². The van der Waals surface area contributed by atoms with Crippen LogP contribution in [0.2, 0.25) is 0 Å². The molecule has 3 nitrogen and oxygen atoms in total. The van der Waals surface area contributed by atoms with Gasteiger partial charge in [-0.1, -0.05) is 42.5 Å². The molecule has 21 heavy (non-hydrogen) atoms. The van der Waals surface area contributed by atoms with Gasteiger partial charge in [-0.25, -0.2) is 0 Å². The summed E-state index contributed by atoms with van der Waals surface area (Å²) in [6.45, 7) is 2.94. The van der Waals surface area contributed by atoms with Crippen LogP contribution in [0, 0.1) is 6.92 Å². The second-order valence-corrected chi connectivity index (χ2v) is 5.22. The van der Waals surface area contributed by atoms with E-state index in [4.69, 9.17) is 0 Å². The largest absolute Gasteiger partial charge is 0.322 e. The summed E-state index contributed by atoms with van der Waals surface area (Å²) in [7, 11) is 1.98. The van der Waals surface area contributed by atoms with Crippen molar-refractivity contribution < 1.29 is 0 Å². The third kappa shape index (κ3) is 2.97. The van der Waals surface area contributed by atoms with E-state index in [1.54, 1.807) is 0 Å². The molecule has 0 unspecified atom stereocenters. The molecule has 0 aliphatic carbocycles. The number of hydrogen-bond donors (Lipinski definition) is 0. The molecule has 1 heterocycles. The monoisotopic (exact) mass is 277 g/mol. The van der Waals surface area contributed by atoms with Crippen LogP contribution in [-0.4, -0.2) is 9.78 Å². The zero-order chi connectivity index (χ0) is 14.7. The maximum absolute atomic E-state index is 4.30. The van der Waals surface area contributed by atoms with E-state index in [1.807, 2.05) is 30.1 Å². The number of aryl methyl sites for hydroxylation is 2. The molecule has 0 saturated heterocycles. The van der Waals surface area contributed by atoms with Crippen LogP contribution in [0.5, 0.6) is 0 Å². The maximum Gasteiger partial charge on any atom is 0.131 e. The first kappa shape index (κ1) is 13.4. The van der Waals surface area contributed by atoms with Crippen LogP contribution < -0.4 is 4.90 Å². The Bertz CT molecular complexity index is 716. The fraction of sp³-hybridized carbons (Fsp3) is 0.167. The fourth-order valence-electron chi connectivity index (χ4n) is 2.50. The van der Waals surface area contributed by atoms with Gasteiger partial charge in [-0.2, -0.15) is 5.10 Å². The van der Waals surface area contributed by atoms with Gasteiger partial charge in [0.1, 0.15) is 5.82 Å². The predicted molar refractivity (Wildman–Crippen MR) is 86.7 cm³/mol. The van der Waals surface area contributed by atoms with Crippen molar-refractivity contribution in [1.29, 1.82) is 0 Å². The molecular formula is C18H19N3. The van der Waals surface area contributed by atoms with E-state index in [0.29, 0.717) is 0 Å². The highest BCUT2D eigenvalue weighted by atomic mass is 15.4. The average molecular weight is 277 g/mol. The normalized spacial score (nSPS) is 10.6. The van der Waals surface area contributed by atoms with E-state index < -0.39 is 0 Å². The van der Waals surface area contributed by atoms with Crippen LogP contribution in [-0.2, 0) is 13.6 Å². The Morgan fingerprint density at radius 1 is 1.00 bits per heavy atom. The summed E-state index contributed by atoms with van der Waals surface area (Å²) in [5, 5.41) is 4.30. The molecule has 0 radical (unpaired) electrons. The number of benzene rings is 2. The molecule has 1 aromatic heterocycles. The van der Waals surface area contributed by atoms with Crippen molar-refractivity contribution in [1.82, 2.24) is 9.78 Å². The Balaban J connectivity index is 2.01. The predicted octanol–water partition coefficient (Wildman–Crippen LogP) is 4.07. The van der Waals surface area contributed by atoms with Crippen LogP contribution in [0.3, 0.4) is 0 Å². The quantitative estimate of drug-likeness (QED) is 0.717. The third-order valence-corrected chi connectivity index (χ3v) is 3.57. The average Bonchev–Trinajstić information content (AvgIpc) is 2.92. The summed E-state index contributed by atoms with van der Waals surface area (Å²) < 4.78 is 1.91. The molecule has 0 spiro atoms. The van der Waals surface area contributed by atoms with Gasteiger partial charge in [0.25, 0.3) is 0 Å². The zero-order valence-corrected chi connectivity index (χ0v) is 12.4. The van der Waals surface area contributed by atoms with Crippen LogP contribution >= 0.6 is 0 Å². The lowest BCUT2D eigenvalue weighted by atomic mass is 10.1. The van der Waals surface area contributed by atoms with Crippen molar-refractivity contribution >= 4 is 11.5 Å². The minimum Gasteiger partial charge on any atom is -0.322 e. The first-order chi connectivity index (χ1) is 10.2. The van der Waals surface area contributed by atoms with Gasteiger partial charge in [0.2, 0.25) is 0 Å². The van der Waals surface area contributed by atoms with Crippen molar-refractivity contribution in [2.24, 2.45) is 7.05 Å². The minimum absolute atomic E-state index is 0.823. The van der Waals surface area contributed by atoms with Gasteiger partial charge in [-0.15, -0.1) is 0 Å². The Hall–Kier alpha value is -2.55. The summed E-state index contributed by atoms with van der Waals surface area (Å²) in [6.07, 6.45) is 1.84. The fourth-order valence-corrected chi connectivity index (χ4v) is 2.50. The van der Waals surface area contributed by atoms with E-state index in [-0.39, 0.29) is 0 Å². The number of nitrogens with zero attached hydrogens (tertiary/aromatic N) is 3. The minimum atomic E-state index is 0.823. The van der Waals surface area contributed by atoms with Crippen molar-refractivity contribution in [2.45, 2.75) is 13.5 Å². The molecule has 3 rings (SSSR count). The number of anilines is 2. The molecule has 2 aromatic carbocycles. The van der Waals surface area contributed by atoms with Crippen molar-refractivity contribution in [3.05, 3.63) is 78.0 Å². The van der Waals surface area contributed by atoms with E-state index in [0.717, 1.165) is 12.4 Å². The van der Waals surface area contributed by atoms with Crippen molar-refractivity contribution in [3.63, 3.8) is 0 Å². The maximum atomic E-state index is 4.30. The lowest BCUT2D eigenvalue weighted by Crippen LogP contribution is -2.19. The molecule has 0 fully saturated rings. The highest BCUT2D eigenvalue weighted by Crippen LogP contribution is 2.27. The summed E-state index contributed by atoms with van der Waals surface area (Å²) in [4.78, 5) is 2.29. The molecule has 3 aromatic rings. The number of rotatable bonds is 4. The van der Waals surface area contributed by atoms with Gasteiger partial charge in [0.05, 0.1) is 6.20 Å². The molecule has 0 aliphatic rings. The lowest BCUT2D eigenvalue weighted by molar-refractivity contribution is 0.745. The number of hydrogen-bond acceptors (Lipinski definition) is 2. The Kier molecular flexibility index (Phi) is 3.73. The highest BCUT2D eigenvalue weighted by Gasteiger charge is 2.13. The van der Waals surface area contributed by atoms with E-state index in [9.17, 15) is 0 Å². The molecule has 0 N–H and O–H groups in total. The molecule has 0 amide bonds. The molecule has 0 saturated carbocycles. The SMILES string of the molecule is Cc1cccc(N(Cc2ccccc2)c2ccnn2C)c1. The van der Waals surface area contributed by atoms with E-state index in [1.165, 1.54) is 16.8 Å². The van der Waals surface area contributed by atoms with Gasteiger partial charge in [0, 0.05) is 25.3 Å². The number of aromatic nitrogens is 2.